The van der Waals surface area contributed by atoms with E-state index in [1.165, 1.54) is 10.5 Å². The topological polar surface area (TPSA) is 83.6 Å². The first kappa shape index (κ1) is 19.9. The standard InChI is InChI=1S/C20H28N2O4S/c1-19(2,3)14-5-7-15(8-6-14)21-17(23)20(10-11-20)18(24)22(4)16-9-12-27(25,26)13-16/h5-8,16H,9-13H2,1-4H3,(H,21,23). The van der Waals surface area contributed by atoms with Crippen molar-refractivity contribution >= 4 is 27.3 Å². The maximum atomic E-state index is 12.9. The molecule has 0 spiro atoms. The largest absolute Gasteiger partial charge is 0.341 e. The van der Waals surface area contributed by atoms with Gasteiger partial charge in [0, 0.05) is 18.8 Å². The van der Waals surface area contributed by atoms with Crippen molar-refractivity contribution in [3.05, 3.63) is 29.8 Å². The lowest BCUT2D eigenvalue weighted by molar-refractivity contribution is -0.142. The highest BCUT2D eigenvalue weighted by atomic mass is 32.2. The maximum Gasteiger partial charge on any atom is 0.240 e. The van der Waals surface area contributed by atoms with E-state index >= 15 is 0 Å². The molecule has 0 radical (unpaired) electrons. The highest BCUT2D eigenvalue weighted by Crippen LogP contribution is 2.48. The molecule has 2 aliphatic rings. The SMILES string of the molecule is CN(C(=O)C1(C(=O)Nc2ccc(C(C)(C)C)cc2)CC1)C1CCS(=O)(=O)C1. The van der Waals surface area contributed by atoms with E-state index in [0.717, 1.165) is 0 Å². The monoisotopic (exact) mass is 392 g/mol. The van der Waals surface area contributed by atoms with E-state index in [0.29, 0.717) is 24.9 Å². The van der Waals surface area contributed by atoms with Gasteiger partial charge in [-0.15, -0.1) is 0 Å². The molecule has 0 aromatic heterocycles. The van der Waals surface area contributed by atoms with E-state index in [2.05, 4.69) is 26.1 Å². The van der Waals surface area contributed by atoms with Crippen LogP contribution in [0.5, 0.6) is 0 Å². The van der Waals surface area contributed by atoms with Crippen molar-refractivity contribution in [3.8, 4) is 0 Å². The number of rotatable bonds is 4. The third kappa shape index (κ3) is 4.03. The summed E-state index contributed by atoms with van der Waals surface area (Å²) >= 11 is 0. The van der Waals surface area contributed by atoms with Crippen LogP contribution in [0.25, 0.3) is 0 Å². The third-order valence-electron chi connectivity index (χ3n) is 5.68. The molecule has 1 saturated heterocycles. The van der Waals surface area contributed by atoms with Gasteiger partial charge in [0.05, 0.1) is 11.5 Å². The minimum atomic E-state index is -3.08. The molecule has 27 heavy (non-hydrogen) atoms. The first-order chi connectivity index (χ1) is 12.4. The molecule has 3 rings (SSSR count). The van der Waals surface area contributed by atoms with Crippen LogP contribution < -0.4 is 5.32 Å². The van der Waals surface area contributed by atoms with Crippen molar-refractivity contribution in [2.75, 3.05) is 23.9 Å². The van der Waals surface area contributed by atoms with Gasteiger partial charge in [0.1, 0.15) is 5.41 Å². The molecule has 6 nitrogen and oxygen atoms in total. The predicted octanol–water partition coefficient (Wildman–Crippen LogP) is 2.35. The van der Waals surface area contributed by atoms with Crippen LogP contribution in [0.3, 0.4) is 0 Å². The molecular weight excluding hydrogens is 364 g/mol. The van der Waals surface area contributed by atoms with Crippen LogP contribution in [0.4, 0.5) is 5.69 Å². The second kappa shape index (κ2) is 6.62. The summed E-state index contributed by atoms with van der Waals surface area (Å²) in [5.41, 5.74) is 0.808. The number of hydrogen-bond acceptors (Lipinski definition) is 4. The van der Waals surface area contributed by atoms with Gasteiger partial charge in [-0.05, 0) is 42.4 Å². The zero-order valence-electron chi connectivity index (χ0n) is 16.4. The van der Waals surface area contributed by atoms with Crippen LogP contribution in [0.1, 0.15) is 45.6 Å². The number of carbonyl (C=O) groups excluding carboxylic acids is 2. The second-order valence-electron chi connectivity index (χ2n) is 8.84. The van der Waals surface area contributed by atoms with Crippen LogP contribution in [0.15, 0.2) is 24.3 Å². The summed E-state index contributed by atoms with van der Waals surface area (Å²) in [6.45, 7) is 6.37. The molecule has 7 heteroatoms. The number of nitrogens with one attached hydrogen (secondary N) is 1. The first-order valence-corrected chi connectivity index (χ1v) is 11.2. The van der Waals surface area contributed by atoms with E-state index in [1.807, 2.05) is 24.3 Å². The van der Waals surface area contributed by atoms with Crippen molar-refractivity contribution in [2.24, 2.45) is 5.41 Å². The summed E-state index contributed by atoms with van der Waals surface area (Å²) in [4.78, 5) is 27.2. The van der Waals surface area contributed by atoms with Gasteiger partial charge in [0.15, 0.2) is 9.84 Å². The molecule has 1 aliphatic carbocycles. The summed E-state index contributed by atoms with van der Waals surface area (Å²) in [6.07, 6.45) is 1.44. The quantitative estimate of drug-likeness (QED) is 0.797. The van der Waals surface area contributed by atoms with Crippen molar-refractivity contribution in [3.63, 3.8) is 0 Å². The Bertz CT molecular complexity index is 849. The van der Waals surface area contributed by atoms with E-state index < -0.39 is 15.3 Å². The molecule has 1 saturated carbocycles. The van der Waals surface area contributed by atoms with Crippen molar-refractivity contribution < 1.29 is 18.0 Å². The summed E-state index contributed by atoms with van der Waals surface area (Å²) in [5.74, 6) is -0.479. The number of anilines is 1. The van der Waals surface area contributed by atoms with Crippen molar-refractivity contribution in [1.29, 1.82) is 0 Å². The molecule has 2 fully saturated rings. The molecule has 0 bridgehead atoms. The Morgan fingerprint density at radius 1 is 1.15 bits per heavy atom. The average molecular weight is 393 g/mol. The minimum absolute atomic E-state index is 0.0127. The number of carbonyl (C=O) groups is 2. The summed E-state index contributed by atoms with van der Waals surface area (Å²) in [7, 11) is -1.47. The third-order valence-corrected chi connectivity index (χ3v) is 7.43. The lowest BCUT2D eigenvalue weighted by Crippen LogP contribution is -2.46. The number of benzene rings is 1. The molecule has 1 aromatic carbocycles. The molecule has 1 aromatic rings. The number of sulfone groups is 1. The highest BCUT2D eigenvalue weighted by molar-refractivity contribution is 7.91. The Morgan fingerprint density at radius 3 is 2.19 bits per heavy atom. The molecule has 1 atom stereocenters. The smallest absolute Gasteiger partial charge is 0.240 e. The van der Waals surface area contributed by atoms with Gasteiger partial charge in [0.25, 0.3) is 0 Å². The molecular formula is C20H28N2O4S. The van der Waals surface area contributed by atoms with Crippen LogP contribution in [-0.2, 0) is 24.8 Å². The molecule has 1 unspecified atom stereocenters. The summed E-state index contributed by atoms with van der Waals surface area (Å²) in [5, 5.41) is 2.86. The fraction of sp³-hybridized carbons (Fsp3) is 0.600. The molecule has 1 aliphatic heterocycles. The summed E-state index contributed by atoms with van der Waals surface area (Å²) in [6, 6.07) is 7.33. The minimum Gasteiger partial charge on any atom is -0.341 e. The number of amides is 2. The normalized spacial score (nSPS) is 22.9. The average Bonchev–Trinajstić information content (AvgIpc) is 3.31. The second-order valence-corrected chi connectivity index (χ2v) is 11.1. The Balaban J connectivity index is 1.68. The Kier molecular flexibility index (Phi) is 4.87. The molecule has 2 amide bonds. The summed E-state index contributed by atoms with van der Waals surface area (Å²) < 4.78 is 23.4. The van der Waals surface area contributed by atoms with E-state index in [4.69, 9.17) is 0 Å². The van der Waals surface area contributed by atoms with Gasteiger partial charge in [-0.25, -0.2) is 8.42 Å². The van der Waals surface area contributed by atoms with Crippen LogP contribution in [-0.4, -0.2) is 49.7 Å². The van der Waals surface area contributed by atoms with Gasteiger partial charge in [-0.2, -0.15) is 0 Å². The van der Waals surface area contributed by atoms with Crippen LogP contribution >= 0.6 is 0 Å². The van der Waals surface area contributed by atoms with Crippen LogP contribution in [0.2, 0.25) is 0 Å². The lowest BCUT2D eigenvalue weighted by Gasteiger charge is -2.27. The van der Waals surface area contributed by atoms with Crippen molar-refractivity contribution in [1.82, 2.24) is 4.90 Å². The highest BCUT2D eigenvalue weighted by Gasteiger charge is 2.58. The Morgan fingerprint density at radius 2 is 1.74 bits per heavy atom. The van der Waals surface area contributed by atoms with Crippen molar-refractivity contribution in [2.45, 2.75) is 51.5 Å². The molecule has 1 N–H and O–H groups in total. The van der Waals surface area contributed by atoms with Gasteiger partial charge < -0.3 is 10.2 Å². The Hall–Kier alpha value is -1.89. The fourth-order valence-corrected chi connectivity index (χ4v) is 5.33. The molecule has 1 heterocycles. The lowest BCUT2D eigenvalue weighted by atomic mass is 9.87. The van der Waals surface area contributed by atoms with Gasteiger partial charge >= 0.3 is 0 Å². The molecule has 148 valence electrons. The van der Waals surface area contributed by atoms with Crippen LogP contribution in [0, 0.1) is 5.41 Å². The van der Waals surface area contributed by atoms with Gasteiger partial charge in [-0.3, -0.25) is 9.59 Å². The first-order valence-electron chi connectivity index (χ1n) is 9.34. The number of hydrogen-bond donors (Lipinski definition) is 1. The number of nitrogens with zero attached hydrogens (tertiary/aromatic N) is 1. The van der Waals surface area contributed by atoms with Gasteiger partial charge in [-0.1, -0.05) is 32.9 Å². The zero-order valence-corrected chi connectivity index (χ0v) is 17.2. The van der Waals surface area contributed by atoms with E-state index in [9.17, 15) is 18.0 Å². The predicted molar refractivity (Wildman–Crippen MR) is 105 cm³/mol. The van der Waals surface area contributed by atoms with Gasteiger partial charge in [0.2, 0.25) is 11.8 Å². The Labute approximate surface area is 161 Å². The zero-order chi connectivity index (χ0) is 20.0. The fourth-order valence-electron chi connectivity index (χ4n) is 3.55. The van der Waals surface area contributed by atoms with E-state index in [1.54, 1.807) is 7.05 Å². The van der Waals surface area contributed by atoms with E-state index in [-0.39, 0.29) is 34.8 Å². The maximum absolute atomic E-state index is 12.9.